The van der Waals surface area contributed by atoms with Crippen LogP contribution in [0.5, 0.6) is 0 Å². The number of benzene rings is 1. The van der Waals surface area contributed by atoms with Gasteiger partial charge in [0.2, 0.25) is 0 Å². The summed E-state index contributed by atoms with van der Waals surface area (Å²) in [5, 5.41) is 4.63. The second-order valence-corrected chi connectivity index (χ2v) is 5.41. The van der Waals surface area contributed by atoms with Crippen molar-refractivity contribution in [1.82, 2.24) is 19.7 Å². The third-order valence-electron chi connectivity index (χ3n) is 3.96. The summed E-state index contributed by atoms with van der Waals surface area (Å²) in [6.07, 6.45) is 3.14. The molecule has 0 saturated carbocycles. The normalized spacial score (nSPS) is 12.1. The molecule has 3 heterocycles. The number of hydrogen-bond donors (Lipinski definition) is 1. The first-order chi connectivity index (χ1) is 11.6. The van der Waals surface area contributed by atoms with Crippen LogP contribution in [0.15, 0.2) is 47.4 Å². The van der Waals surface area contributed by atoms with Crippen LogP contribution in [0.4, 0.5) is 10.2 Å². The fourth-order valence-electron chi connectivity index (χ4n) is 2.63. The van der Waals surface area contributed by atoms with E-state index in [0.717, 1.165) is 0 Å². The molecule has 0 fully saturated rings. The molecule has 0 saturated heterocycles. The third kappa shape index (κ3) is 2.96. The smallest absolute Gasteiger partial charge is 0.158 e. The molecule has 1 atom stereocenters. The Morgan fingerprint density at radius 3 is 2.88 bits per heavy atom. The third-order valence-corrected chi connectivity index (χ3v) is 3.96. The van der Waals surface area contributed by atoms with Crippen LogP contribution >= 0.6 is 0 Å². The van der Waals surface area contributed by atoms with Crippen LogP contribution in [-0.4, -0.2) is 19.7 Å². The number of anilines is 1. The van der Waals surface area contributed by atoms with Gasteiger partial charge in [0, 0.05) is 44.2 Å². The van der Waals surface area contributed by atoms with E-state index in [9.17, 15) is 4.39 Å². The minimum Gasteiger partial charge on any atom is -0.434 e. The maximum absolute atomic E-state index is 13.9. The van der Waals surface area contributed by atoms with Crippen LogP contribution in [0.25, 0.3) is 22.3 Å². The Balaban J connectivity index is 0.00000182. The molecule has 0 aliphatic heterocycles. The van der Waals surface area contributed by atoms with Crippen molar-refractivity contribution < 1.29 is 30.0 Å². The largest absolute Gasteiger partial charge is 0.434 e. The summed E-state index contributed by atoms with van der Waals surface area (Å²) >= 11 is 0. The molecule has 1 unspecified atom stereocenters. The molecule has 25 heavy (non-hydrogen) atoms. The van der Waals surface area contributed by atoms with E-state index in [4.69, 9.17) is 10.3 Å². The van der Waals surface area contributed by atoms with Gasteiger partial charge in [-0.1, -0.05) is 23.5 Å². The van der Waals surface area contributed by atoms with Crippen molar-refractivity contribution in [3.05, 3.63) is 60.5 Å². The zero-order chi connectivity index (χ0) is 16.7. The van der Waals surface area contributed by atoms with E-state index < -0.39 is 0 Å². The van der Waals surface area contributed by atoms with Gasteiger partial charge in [0.1, 0.15) is 11.5 Å². The summed E-state index contributed by atoms with van der Waals surface area (Å²) in [5.41, 5.74) is 7.33. The Hall–Kier alpha value is -2.53. The molecule has 0 aliphatic rings. The topological polar surface area (TPSA) is 82.8 Å². The number of nitrogens with zero attached hydrogens (tertiary/aromatic N) is 4. The molecular formula is C17H13FN5OW-. The Labute approximate surface area is 157 Å². The fraction of sp³-hybridized carbons (Fsp3) is 0.118. The van der Waals surface area contributed by atoms with E-state index >= 15 is 0 Å². The Morgan fingerprint density at radius 1 is 1.28 bits per heavy atom. The van der Waals surface area contributed by atoms with Gasteiger partial charge < -0.3 is 14.8 Å². The molecule has 0 bridgehead atoms. The molecule has 4 rings (SSSR count). The Kier molecular flexibility index (Phi) is 4.68. The summed E-state index contributed by atoms with van der Waals surface area (Å²) in [6.45, 7) is 1.93. The molecule has 1 aromatic carbocycles. The predicted octanol–water partition coefficient (Wildman–Crippen LogP) is 3.21. The van der Waals surface area contributed by atoms with Crippen LogP contribution in [0.1, 0.15) is 18.7 Å². The summed E-state index contributed by atoms with van der Waals surface area (Å²) < 4.78 is 21.2. The molecule has 0 aliphatic carbocycles. The second kappa shape index (κ2) is 6.76. The van der Waals surface area contributed by atoms with Crippen molar-refractivity contribution in [1.29, 1.82) is 0 Å². The first-order valence-electron chi connectivity index (χ1n) is 7.35. The molecule has 2 N–H and O–H groups in total. The van der Waals surface area contributed by atoms with E-state index in [1.165, 1.54) is 12.4 Å². The predicted molar refractivity (Wildman–Crippen MR) is 86.5 cm³/mol. The molecule has 0 radical (unpaired) electrons. The zero-order valence-electron chi connectivity index (χ0n) is 13.2. The van der Waals surface area contributed by atoms with E-state index in [1.54, 1.807) is 30.5 Å². The van der Waals surface area contributed by atoms with Gasteiger partial charge in [-0.15, -0.1) is 5.39 Å². The van der Waals surface area contributed by atoms with Gasteiger partial charge in [0.15, 0.2) is 5.76 Å². The minimum absolute atomic E-state index is 0. The van der Waals surface area contributed by atoms with Crippen molar-refractivity contribution >= 4 is 16.9 Å². The first kappa shape index (κ1) is 17.3. The molecule has 3 aromatic heterocycles. The summed E-state index contributed by atoms with van der Waals surface area (Å²) in [7, 11) is 0. The molecule has 0 amide bonds. The maximum atomic E-state index is 13.9. The van der Waals surface area contributed by atoms with Crippen LogP contribution < -0.4 is 5.73 Å². The number of nitrogen functional groups attached to an aromatic ring is 1. The summed E-state index contributed by atoms with van der Waals surface area (Å²) in [5.74, 6) is 0.608. The Morgan fingerprint density at radius 2 is 2.08 bits per heavy atom. The first-order valence-corrected chi connectivity index (χ1v) is 7.35. The van der Waals surface area contributed by atoms with E-state index in [-0.39, 0.29) is 32.9 Å². The van der Waals surface area contributed by atoms with Gasteiger partial charge in [0.25, 0.3) is 0 Å². The van der Waals surface area contributed by atoms with Crippen LogP contribution in [0.2, 0.25) is 0 Å². The van der Waals surface area contributed by atoms with Crippen molar-refractivity contribution in [3.8, 4) is 11.3 Å². The second-order valence-electron chi connectivity index (χ2n) is 5.41. The van der Waals surface area contributed by atoms with E-state index in [2.05, 4.69) is 21.2 Å². The van der Waals surface area contributed by atoms with Gasteiger partial charge in [-0.2, -0.15) is 6.07 Å². The number of hydrogen-bond acceptors (Lipinski definition) is 5. The minimum atomic E-state index is -0.342. The fourth-order valence-corrected chi connectivity index (χ4v) is 2.63. The Bertz CT molecular complexity index is 1030. The summed E-state index contributed by atoms with van der Waals surface area (Å²) in [6, 6.07) is 11.0. The van der Waals surface area contributed by atoms with Gasteiger partial charge >= 0.3 is 0 Å². The van der Waals surface area contributed by atoms with E-state index in [1.807, 2.05) is 11.5 Å². The average molecular weight is 506 g/mol. The molecular weight excluding hydrogens is 493 g/mol. The molecule has 0 spiro atoms. The standard InChI is InChI=1S/C17H13FN5O.W/c1-10(23-7-6-12-16(19)20-9-21-17(12)23)15-8-14(22-24-15)11-4-2-3-5-13(11)18;/h2-5,7-10H,1H3,(H2,19,20,21);/q-1;. The van der Waals surface area contributed by atoms with Gasteiger partial charge in [-0.05, 0) is 19.1 Å². The number of halogens is 1. The van der Waals surface area contributed by atoms with Gasteiger partial charge in [-0.25, -0.2) is 4.39 Å². The number of aromatic nitrogens is 4. The summed E-state index contributed by atoms with van der Waals surface area (Å²) in [4.78, 5) is 8.20. The van der Waals surface area contributed by atoms with Crippen molar-refractivity contribution in [2.45, 2.75) is 13.0 Å². The van der Waals surface area contributed by atoms with Crippen molar-refractivity contribution in [2.75, 3.05) is 5.73 Å². The number of fused-ring (bicyclic) bond motifs is 1. The molecule has 4 aromatic rings. The van der Waals surface area contributed by atoms with Crippen LogP contribution in [0.3, 0.4) is 0 Å². The maximum Gasteiger partial charge on any atom is 0.158 e. The van der Waals surface area contributed by atoms with Gasteiger partial charge in [-0.3, -0.25) is 9.97 Å². The van der Waals surface area contributed by atoms with Gasteiger partial charge in [0.05, 0.1) is 12.4 Å². The molecule has 6 nitrogen and oxygen atoms in total. The molecule has 8 heteroatoms. The molecule has 126 valence electrons. The monoisotopic (exact) mass is 506 g/mol. The van der Waals surface area contributed by atoms with Crippen molar-refractivity contribution in [3.63, 3.8) is 0 Å². The SMILES string of the molecule is CC(c1cc(-c2ccccc2F)no1)n1c[c-]c2c(N)ncnc21.[W]. The number of rotatable bonds is 3. The average Bonchev–Trinajstić information content (AvgIpc) is 3.22. The van der Waals surface area contributed by atoms with E-state index in [0.29, 0.717) is 33.9 Å². The zero-order valence-corrected chi connectivity index (χ0v) is 16.1. The number of nitrogens with two attached hydrogens (primary N) is 1. The van der Waals surface area contributed by atoms with Crippen molar-refractivity contribution in [2.24, 2.45) is 0 Å². The van der Waals surface area contributed by atoms with Crippen LogP contribution in [-0.2, 0) is 21.1 Å². The van der Waals surface area contributed by atoms with Crippen LogP contribution in [0, 0.1) is 11.9 Å². The quantitative estimate of drug-likeness (QED) is 0.432.